The van der Waals surface area contributed by atoms with Crippen molar-refractivity contribution < 1.29 is 0 Å². The summed E-state index contributed by atoms with van der Waals surface area (Å²) in [6, 6.07) is 19.3. The molecule has 0 aliphatic heterocycles. The Bertz CT molecular complexity index is 515. The molecule has 1 aliphatic rings. The minimum absolute atomic E-state index is 0.177. The Morgan fingerprint density at radius 3 is 2.26 bits per heavy atom. The molecule has 2 aromatic rings. The van der Waals surface area contributed by atoms with Gasteiger partial charge in [-0.3, -0.25) is 0 Å². The van der Waals surface area contributed by atoms with E-state index < -0.39 is 0 Å². The first-order valence-corrected chi connectivity index (χ1v) is 6.98. The van der Waals surface area contributed by atoms with Crippen LogP contribution < -0.4 is 11.1 Å². The number of nitrogens with two attached hydrogens (primary N) is 1. The predicted octanol–water partition coefficient (Wildman–Crippen LogP) is 3.68. The summed E-state index contributed by atoms with van der Waals surface area (Å²) in [5, 5.41) is 3.48. The van der Waals surface area contributed by atoms with Crippen molar-refractivity contribution in [2.75, 3.05) is 11.9 Å². The summed E-state index contributed by atoms with van der Waals surface area (Å²) in [4.78, 5) is 0. The van der Waals surface area contributed by atoms with Crippen LogP contribution in [0, 0.1) is 0 Å². The molecule has 19 heavy (non-hydrogen) atoms. The number of nitrogens with one attached hydrogen (secondary N) is 1. The van der Waals surface area contributed by atoms with E-state index in [9.17, 15) is 0 Å². The summed E-state index contributed by atoms with van der Waals surface area (Å²) in [6.07, 6.45) is 2.70. The topological polar surface area (TPSA) is 38.0 Å². The Kier molecular flexibility index (Phi) is 3.51. The van der Waals surface area contributed by atoms with Gasteiger partial charge in [-0.2, -0.15) is 0 Å². The van der Waals surface area contributed by atoms with Crippen molar-refractivity contribution in [1.29, 1.82) is 0 Å². The van der Waals surface area contributed by atoms with Crippen molar-refractivity contribution in [3.63, 3.8) is 0 Å². The second kappa shape index (κ2) is 5.45. The van der Waals surface area contributed by atoms with Gasteiger partial charge < -0.3 is 11.1 Å². The van der Waals surface area contributed by atoms with Crippen LogP contribution >= 0.6 is 0 Å². The third-order valence-electron chi connectivity index (χ3n) is 3.74. The molecule has 0 saturated heterocycles. The van der Waals surface area contributed by atoms with Gasteiger partial charge in [0.25, 0.3) is 0 Å². The first-order valence-electron chi connectivity index (χ1n) is 6.98. The van der Waals surface area contributed by atoms with Gasteiger partial charge in [-0.15, -0.1) is 0 Å². The Labute approximate surface area is 114 Å². The standard InChI is InChI=1S/C17H20N2/c18-12-17(19-16-4-2-1-3-5-16)15-10-8-14(9-11-15)13-6-7-13/h1-5,8-11,13,17,19H,6-7,12,18H2. The van der Waals surface area contributed by atoms with Crippen LogP contribution in [0.25, 0.3) is 0 Å². The molecule has 1 fully saturated rings. The molecule has 0 spiro atoms. The number of benzene rings is 2. The highest BCUT2D eigenvalue weighted by Crippen LogP contribution is 2.40. The molecule has 0 bridgehead atoms. The number of para-hydroxylation sites is 1. The second-order valence-electron chi connectivity index (χ2n) is 5.24. The van der Waals surface area contributed by atoms with Crippen LogP contribution in [0.15, 0.2) is 54.6 Å². The first-order chi connectivity index (χ1) is 9.36. The fourth-order valence-corrected chi connectivity index (χ4v) is 2.43. The minimum atomic E-state index is 0.177. The molecule has 2 heteroatoms. The van der Waals surface area contributed by atoms with E-state index in [4.69, 9.17) is 5.73 Å². The molecule has 1 unspecified atom stereocenters. The Morgan fingerprint density at radius 2 is 1.68 bits per heavy atom. The third-order valence-corrected chi connectivity index (χ3v) is 3.74. The van der Waals surface area contributed by atoms with Gasteiger partial charge in [0, 0.05) is 12.2 Å². The van der Waals surface area contributed by atoms with E-state index in [0.29, 0.717) is 6.54 Å². The molecule has 0 radical (unpaired) electrons. The van der Waals surface area contributed by atoms with E-state index in [2.05, 4.69) is 41.7 Å². The maximum atomic E-state index is 5.90. The average molecular weight is 252 g/mol. The molecule has 1 saturated carbocycles. The lowest BCUT2D eigenvalue weighted by molar-refractivity contribution is 0.789. The molecular weight excluding hydrogens is 232 g/mol. The van der Waals surface area contributed by atoms with Gasteiger partial charge in [-0.1, -0.05) is 42.5 Å². The molecule has 3 rings (SSSR count). The Morgan fingerprint density at radius 1 is 1.00 bits per heavy atom. The Hall–Kier alpha value is -1.80. The summed E-state index contributed by atoms with van der Waals surface area (Å²) in [7, 11) is 0. The van der Waals surface area contributed by atoms with Gasteiger partial charge >= 0.3 is 0 Å². The lowest BCUT2D eigenvalue weighted by Crippen LogP contribution is -2.20. The lowest BCUT2D eigenvalue weighted by Gasteiger charge is -2.19. The zero-order valence-corrected chi connectivity index (χ0v) is 11.0. The SMILES string of the molecule is NCC(Nc1ccccc1)c1ccc(C2CC2)cc1. The highest BCUT2D eigenvalue weighted by atomic mass is 14.9. The van der Waals surface area contributed by atoms with Gasteiger partial charge in [0.15, 0.2) is 0 Å². The van der Waals surface area contributed by atoms with Crippen molar-refractivity contribution in [3.8, 4) is 0 Å². The van der Waals surface area contributed by atoms with Crippen LogP contribution in [0.2, 0.25) is 0 Å². The van der Waals surface area contributed by atoms with E-state index in [1.54, 1.807) is 0 Å². The van der Waals surface area contributed by atoms with Gasteiger partial charge in [0.05, 0.1) is 6.04 Å². The fraction of sp³-hybridized carbons (Fsp3) is 0.294. The van der Waals surface area contributed by atoms with Crippen LogP contribution in [-0.2, 0) is 0 Å². The second-order valence-corrected chi connectivity index (χ2v) is 5.24. The van der Waals surface area contributed by atoms with E-state index in [1.165, 1.54) is 24.0 Å². The molecule has 2 aromatic carbocycles. The molecule has 0 amide bonds. The summed E-state index contributed by atoms with van der Waals surface area (Å²) < 4.78 is 0. The van der Waals surface area contributed by atoms with Gasteiger partial charge in [-0.25, -0.2) is 0 Å². The fourth-order valence-electron chi connectivity index (χ4n) is 2.43. The summed E-state index contributed by atoms with van der Waals surface area (Å²) in [5.41, 5.74) is 9.75. The van der Waals surface area contributed by atoms with Crippen molar-refractivity contribution in [3.05, 3.63) is 65.7 Å². The van der Waals surface area contributed by atoms with E-state index in [0.717, 1.165) is 11.6 Å². The normalized spacial score (nSPS) is 16.1. The summed E-state index contributed by atoms with van der Waals surface area (Å²) >= 11 is 0. The molecule has 0 heterocycles. The van der Waals surface area contributed by atoms with Crippen molar-refractivity contribution in [1.82, 2.24) is 0 Å². The molecule has 0 aromatic heterocycles. The first kappa shape index (κ1) is 12.2. The van der Waals surface area contributed by atoms with Crippen molar-refractivity contribution >= 4 is 5.69 Å². The Balaban J connectivity index is 1.74. The zero-order chi connectivity index (χ0) is 13.1. The summed E-state index contributed by atoms with van der Waals surface area (Å²) in [5.74, 6) is 0.812. The van der Waals surface area contributed by atoms with Crippen LogP contribution in [0.1, 0.15) is 35.9 Å². The molecule has 1 aliphatic carbocycles. The highest BCUT2D eigenvalue weighted by Gasteiger charge is 2.23. The smallest absolute Gasteiger partial charge is 0.0636 e. The average Bonchev–Trinajstić information content (AvgIpc) is 3.31. The van der Waals surface area contributed by atoms with E-state index in [1.807, 2.05) is 18.2 Å². The third kappa shape index (κ3) is 2.96. The number of hydrogen-bond donors (Lipinski definition) is 2. The van der Waals surface area contributed by atoms with Gasteiger partial charge in [0.1, 0.15) is 0 Å². The minimum Gasteiger partial charge on any atom is -0.377 e. The van der Waals surface area contributed by atoms with Crippen molar-refractivity contribution in [2.24, 2.45) is 5.73 Å². The quantitative estimate of drug-likeness (QED) is 0.852. The molecular formula is C17H20N2. The van der Waals surface area contributed by atoms with Crippen LogP contribution in [0.5, 0.6) is 0 Å². The highest BCUT2D eigenvalue weighted by molar-refractivity contribution is 5.45. The molecule has 1 atom stereocenters. The van der Waals surface area contributed by atoms with Crippen molar-refractivity contribution in [2.45, 2.75) is 24.8 Å². The monoisotopic (exact) mass is 252 g/mol. The molecule has 98 valence electrons. The summed E-state index contributed by atoms with van der Waals surface area (Å²) in [6.45, 7) is 0.595. The van der Waals surface area contributed by atoms with E-state index >= 15 is 0 Å². The van der Waals surface area contributed by atoms with Gasteiger partial charge in [-0.05, 0) is 42.0 Å². The molecule has 2 nitrogen and oxygen atoms in total. The molecule has 3 N–H and O–H groups in total. The van der Waals surface area contributed by atoms with E-state index in [-0.39, 0.29) is 6.04 Å². The number of rotatable bonds is 5. The number of hydrogen-bond acceptors (Lipinski definition) is 2. The van der Waals surface area contributed by atoms with Crippen LogP contribution in [-0.4, -0.2) is 6.54 Å². The maximum Gasteiger partial charge on any atom is 0.0636 e. The van der Waals surface area contributed by atoms with Crippen LogP contribution in [0.4, 0.5) is 5.69 Å². The lowest BCUT2D eigenvalue weighted by atomic mass is 10.0. The maximum absolute atomic E-state index is 5.90. The number of anilines is 1. The largest absolute Gasteiger partial charge is 0.377 e. The predicted molar refractivity (Wildman–Crippen MR) is 80.3 cm³/mol. The zero-order valence-electron chi connectivity index (χ0n) is 11.0. The van der Waals surface area contributed by atoms with Gasteiger partial charge in [0.2, 0.25) is 0 Å². The van der Waals surface area contributed by atoms with Crippen LogP contribution in [0.3, 0.4) is 0 Å².